The first-order chi connectivity index (χ1) is 6.86. The van der Waals surface area contributed by atoms with Gasteiger partial charge in [-0.15, -0.1) is 0 Å². The lowest BCUT2D eigenvalue weighted by molar-refractivity contribution is 0.0194. The average Bonchev–Trinajstić information content (AvgIpc) is 2.72. The minimum Gasteiger partial charge on any atom is -0.469 e. The molecular formula is C11H17NO2. The van der Waals surface area contributed by atoms with Gasteiger partial charge in [-0.2, -0.15) is 0 Å². The van der Waals surface area contributed by atoms with Gasteiger partial charge >= 0.3 is 0 Å². The Morgan fingerprint density at radius 2 is 2.21 bits per heavy atom. The summed E-state index contributed by atoms with van der Waals surface area (Å²) in [6.45, 7) is 6.06. The lowest BCUT2D eigenvalue weighted by atomic mass is 10.1. The smallest absolute Gasteiger partial charge is 0.105 e. The molecular weight excluding hydrogens is 178 g/mol. The third-order valence-corrected chi connectivity index (χ3v) is 2.75. The Morgan fingerprint density at radius 1 is 1.43 bits per heavy atom. The molecule has 1 aliphatic heterocycles. The van der Waals surface area contributed by atoms with Crippen LogP contribution in [0.4, 0.5) is 0 Å². The number of morpholine rings is 1. The van der Waals surface area contributed by atoms with Gasteiger partial charge in [0.1, 0.15) is 5.76 Å². The van der Waals surface area contributed by atoms with Gasteiger partial charge < -0.3 is 9.15 Å². The van der Waals surface area contributed by atoms with E-state index in [9.17, 15) is 0 Å². The van der Waals surface area contributed by atoms with Gasteiger partial charge in [-0.1, -0.05) is 0 Å². The molecule has 0 spiro atoms. The van der Waals surface area contributed by atoms with Gasteiger partial charge in [0.2, 0.25) is 0 Å². The molecule has 1 fully saturated rings. The molecule has 1 aromatic heterocycles. The topological polar surface area (TPSA) is 25.6 Å². The van der Waals surface area contributed by atoms with Crippen LogP contribution in [0, 0.1) is 0 Å². The normalized spacial score (nSPS) is 20.9. The molecule has 1 atom stereocenters. The van der Waals surface area contributed by atoms with Gasteiger partial charge in [0.15, 0.2) is 0 Å². The van der Waals surface area contributed by atoms with E-state index in [1.807, 2.05) is 12.1 Å². The van der Waals surface area contributed by atoms with E-state index >= 15 is 0 Å². The second-order valence-electron chi connectivity index (χ2n) is 3.78. The fourth-order valence-electron chi connectivity index (χ4n) is 1.87. The highest BCUT2D eigenvalue weighted by molar-refractivity contribution is 5.00. The zero-order valence-corrected chi connectivity index (χ0v) is 8.61. The number of furan rings is 1. The van der Waals surface area contributed by atoms with Crippen LogP contribution in [0.15, 0.2) is 22.8 Å². The summed E-state index contributed by atoms with van der Waals surface area (Å²) in [4.78, 5) is 2.45. The predicted octanol–water partition coefficient (Wildman–Crippen LogP) is 1.54. The third-order valence-electron chi connectivity index (χ3n) is 2.75. The van der Waals surface area contributed by atoms with Crippen molar-refractivity contribution in [3.63, 3.8) is 0 Å². The van der Waals surface area contributed by atoms with Crippen molar-refractivity contribution < 1.29 is 9.15 Å². The summed E-state index contributed by atoms with van der Waals surface area (Å²) in [7, 11) is 0. The van der Waals surface area contributed by atoms with E-state index in [-0.39, 0.29) is 0 Å². The van der Waals surface area contributed by atoms with Crippen LogP contribution in [0.2, 0.25) is 0 Å². The number of rotatable bonds is 3. The predicted molar refractivity (Wildman–Crippen MR) is 54.3 cm³/mol. The fourth-order valence-corrected chi connectivity index (χ4v) is 1.87. The van der Waals surface area contributed by atoms with Crippen LogP contribution in [0.25, 0.3) is 0 Å². The van der Waals surface area contributed by atoms with Gasteiger partial charge in [0.05, 0.1) is 19.5 Å². The molecule has 2 rings (SSSR count). The van der Waals surface area contributed by atoms with Gasteiger partial charge in [-0.3, -0.25) is 4.90 Å². The molecule has 78 valence electrons. The van der Waals surface area contributed by atoms with Crippen LogP contribution < -0.4 is 0 Å². The highest BCUT2D eigenvalue weighted by Crippen LogP contribution is 2.10. The molecule has 0 amide bonds. The summed E-state index contributed by atoms with van der Waals surface area (Å²) in [5.74, 6) is 1.07. The van der Waals surface area contributed by atoms with Gasteiger partial charge in [-0.25, -0.2) is 0 Å². The molecule has 0 radical (unpaired) electrons. The fraction of sp³-hybridized carbons (Fsp3) is 0.636. The van der Waals surface area contributed by atoms with E-state index < -0.39 is 0 Å². The quantitative estimate of drug-likeness (QED) is 0.731. The van der Waals surface area contributed by atoms with Crippen molar-refractivity contribution in [2.75, 3.05) is 26.3 Å². The van der Waals surface area contributed by atoms with Gasteiger partial charge in [-0.05, 0) is 19.1 Å². The minimum atomic E-state index is 0.546. The van der Waals surface area contributed by atoms with E-state index in [2.05, 4.69) is 11.8 Å². The molecule has 1 saturated heterocycles. The first-order valence-corrected chi connectivity index (χ1v) is 5.20. The Bertz CT molecular complexity index is 252. The van der Waals surface area contributed by atoms with Crippen molar-refractivity contribution in [3.05, 3.63) is 24.2 Å². The van der Waals surface area contributed by atoms with Crippen molar-refractivity contribution in [3.8, 4) is 0 Å². The van der Waals surface area contributed by atoms with Crippen molar-refractivity contribution in [1.29, 1.82) is 0 Å². The monoisotopic (exact) mass is 195 g/mol. The summed E-state index contributed by atoms with van der Waals surface area (Å²) in [5, 5.41) is 0. The molecule has 0 N–H and O–H groups in total. The first kappa shape index (κ1) is 9.74. The second kappa shape index (κ2) is 4.62. The Morgan fingerprint density at radius 3 is 2.86 bits per heavy atom. The molecule has 14 heavy (non-hydrogen) atoms. The average molecular weight is 195 g/mol. The number of hydrogen-bond donors (Lipinski definition) is 0. The summed E-state index contributed by atoms with van der Waals surface area (Å²) < 4.78 is 10.7. The molecule has 3 heteroatoms. The maximum Gasteiger partial charge on any atom is 0.105 e. The summed E-state index contributed by atoms with van der Waals surface area (Å²) in [6, 6.07) is 4.53. The molecule has 3 nitrogen and oxygen atoms in total. The SMILES string of the molecule is C[C@H](Cc1ccco1)N1CCOCC1. The molecule has 0 unspecified atom stereocenters. The Labute approximate surface area is 84.6 Å². The van der Waals surface area contributed by atoms with Crippen LogP contribution in [0.5, 0.6) is 0 Å². The highest BCUT2D eigenvalue weighted by atomic mass is 16.5. The molecule has 0 aliphatic carbocycles. The van der Waals surface area contributed by atoms with Crippen molar-refractivity contribution in [1.82, 2.24) is 4.90 Å². The van der Waals surface area contributed by atoms with E-state index in [1.165, 1.54) is 0 Å². The third kappa shape index (κ3) is 2.36. The molecule has 0 aromatic carbocycles. The van der Waals surface area contributed by atoms with E-state index in [4.69, 9.17) is 9.15 Å². The Kier molecular flexibility index (Phi) is 3.22. The number of nitrogens with zero attached hydrogens (tertiary/aromatic N) is 1. The minimum absolute atomic E-state index is 0.546. The molecule has 1 aromatic rings. The Balaban J connectivity index is 1.85. The standard InChI is InChI=1S/C11H17NO2/c1-10(9-11-3-2-6-14-11)12-4-7-13-8-5-12/h2-3,6,10H,4-5,7-9H2,1H3/t10-/m1/s1. The molecule has 2 heterocycles. The van der Waals surface area contributed by atoms with E-state index in [1.54, 1.807) is 6.26 Å². The van der Waals surface area contributed by atoms with Gasteiger partial charge in [0.25, 0.3) is 0 Å². The maximum atomic E-state index is 5.34. The van der Waals surface area contributed by atoms with Crippen LogP contribution in [-0.4, -0.2) is 37.2 Å². The van der Waals surface area contributed by atoms with Crippen LogP contribution in [0.1, 0.15) is 12.7 Å². The zero-order valence-electron chi connectivity index (χ0n) is 8.61. The van der Waals surface area contributed by atoms with E-state index in [0.717, 1.165) is 38.5 Å². The summed E-state index contributed by atoms with van der Waals surface area (Å²) in [5.41, 5.74) is 0. The number of hydrogen-bond acceptors (Lipinski definition) is 3. The van der Waals surface area contributed by atoms with Crippen molar-refractivity contribution in [2.45, 2.75) is 19.4 Å². The zero-order chi connectivity index (χ0) is 9.80. The Hall–Kier alpha value is -0.800. The van der Waals surface area contributed by atoms with E-state index in [0.29, 0.717) is 6.04 Å². The second-order valence-corrected chi connectivity index (χ2v) is 3.78. The van der Waals surface area contributed by atoms with Crippen molar-refractivity contribution in [2.24, 2.45) is 0 Å². The van der Waals surface area contributed by atoms with Gasteiger partial charge in [0, 0.05) is 25.6 Å². The highest BCUT2D eigenvalue weighted by Gasteiger charge is 2.17. The van der Waals surface area contributed by atoms with Crippen LogP contribution in [-0.2, 0) is 11.2 Å². The molecule has 0 saturated carbocycles. The lowest BCUT2D eigenvalue weighted by Gasteiger charge is -2.31. The number of ether oxygens (including phenoxy) is 1. The molecule has 1 aliphatic rings. The van der Waals surface area contributed by atoms with Crippen LogP contribution in [0.3, 0.4) is 0 Å². The first-order valence-electron chi connectivity index (χ1n) is 5.20. The molecule has 0 bridgehead atoms. The largest absolute Gasteiger partial charge is 0.469 e. The maximum absolute atomic E-state index is 5.34. The lowest BCUT2D eigenvalue weighted by Crippen LogP contribution is -2.43. The summed E-state index contributed by atoms with van der Waals surface area (Å²) in [6.07, 6.45) is 2.73. The van der Waals surface area contributed by atoms with Crippen molar-refractivity contribution >= 4 is 0 Å². The summed E-state index contributed by atoms with van der Waals surface area (Å²) >= 11 is 0. The van der Waals surface area contributed by atoms with Crippen LogP contribution >= 0.6 is 0 Å².